The third kappa shape index (κ3) is 2.37. The third-order valence-corrected chi connectivity index (χ3v) is 4.14. The van der Waals surface area contributed by atoms with Gasteiger partial charge in [-0.3, -0.25) is 9.89 Å². The Labute approximate surface area is 122 Å². The Balaban J connectivity index is 1.83. The van der Waals surface area contributed by atoms with Gasteiger partial charge in [-0.15, -0.1) is 0 Å². The van der Waals surface area contributed by atoms with Gasteiger partial charge in [-0.25, -0.2) is 4.98 Å². The average molecular weight is 286 g/mol. The predicted molar refractivity (Wildman–Crippen MR) is 76.9 cm³/mol. The minimum absolute atomic E-state index is 0.0129. The fourth-order valence-corrected chi connectivity index (χ4v) is 2.66. The number of hydrogen-bond acceptors (Lipinski definition) is 4. The third-order valence-electron chi connectivity index (χ3n) is 4.14. The molecule has 1 aromatic heterocycles. The highest BCUT2D eigenvalue weighted by atomic mass is 16.3. The molecule has 6 nitrogen and oxygen atoms in total. The van der Waals surface area contributed by atoms with Crippen LogP contribution >= 0.6 is 0 Å². The lowest BCUT2D eigenvalue weighted by molar-refractivity contribution is 0.0807. The standard InChI is InChI=1S/C15H18N4O2/c1-2-10-4-5-11(12(20)8-10)13(21)18-15(6-3-7-15)14-16-9-17-19-14/h4-5,8-9,20H,2-3,6-7H2,1H3,(H,18,21)(H,16,17,19). The lowest BCUT2D eigenvalue weighted by Crippen LogP contribution is -2.51. The highest BCUT2D eigenvalue weighted by molar-refractivity contribution is 5.97. The molecule has 0 spiro atoms. The Kier molecular flexibility index (Phi) is 3.37. The monoisotopic (exact) mass is 286 g/mol. The number of aromatic nitrogens is 3. The van der Waals surface area contributed by atoms with E-state index in [9.17, 15) is 9.90 Å². The molecular weight excluding hydrogens is 268 g/mol. The molecule has 21 heavy (non-hydrogen) atoms. The fourth-order valence-electron chi connectivity index (χ4n) is 2.66. The number of aromatic hydroxyl groups is 1. The van der Waals surface area contributed by atoms with Crippen LogP contribution in [0.1, 0.15) is 47.9 Å². The van der Waals surface area contributed by atoms with Crippen molar-refractivity contribution >= 4 is 5.91 Å². The number of aromatic amines is 1. The maximum absolute atomic E-state index is 12.4. The second-order valence-electron chi connectivity index (χ2n) is 5.43. The van der Waals surface area contributed by atoms with Gasteiger partial charge in [-0.1, -0.05) is 13.0 Å². The van der Waals surface area contributed by atoms with Gasteiger partial charge >= 0.3 is 0 Å². The summed E-state index contributed by atoms with van der Waals surface area (Å²) in [5.74, 6) is 0.400. The lowest BCUT2D eigenvalue weighted by Gasteiger charge is -2.40. The highest BCUT2D eigenvalue weighted by Crippen LogP contribution is 2.39. The van der Waals surface area contributed by atoms with Crippen LogP contribution in [-0.4, -0.2) is 26.2 Å². The van der Waals surface area contributed by atoms with Crippen molar-refractivity contribution in [3.8, 4) is 5.75 Å². The van der Waals surface area contributed by atoms with Gasteiger partial charge in [0.2, 0.25) is 0 Å². The summed E-state index contributed by atoms with van der Waals surface area (Å²) in [6.07, 6.45) is 4.93. The zero-order chi connectivity index (χ0) is 14.9. The van der Waals surface area contributed by atoms with E-state index < -0.39 is 5.54 Å². The molecule has 1 aromatic carbocycles. The van der Waals surface area contributed by atoms with E-state index in [-0.39, 0.29) is 17.2 Å². The molecule has 3 rings (SSSR count). The van der Waals surface area contributed by atoms with Crippen LogP contribution in [0.5, 0.6) is 5.75 Å². The molecule has 1 aliphatic carbocycles. The Morgan fingerprint density at radius 3 is 2.81 bits per heavy atom. The summed E-state index contributed by atoms with van der Waals surface area (Å²) >= 11 is 0. The van der Waals surface area contributed by atoms with E-state index >= 15 is 0 Å². The molecule has 1 saturated carbocycles. The molecule has 3 N–H and O–H groups in total. The molecule has 0 radical (unpaired) electrons. The van der Waals surface area contributed by atoms with Crippen LogP contribution in [-0.2, 0) is 12.0 Å². The number of rotatable bonds is 4. The summed E-state index contributed by atoms with van der Waals surface area (Å²) in [7, 11) is 0. The maximum Gasteiger partial charge on any atom is 0.255 e. The smallest absolute Gasteiger partial charge is 0.255 e. The molecule has 0 saturated heterocycles. The molecule has 1 aliphatic rings. The van der Waals surface area contributed by atoms with Gasteiger partial charge in [-0.05, 0) is 43.4 Å². The molecule has 0 aliphatic heterocycles. The zero-order valence-electron chi connectivity index (χ0n) is 11.9. The van der Waals surface area contributed by atoms with Gasteiger partial charge in [-0.2, -0.15) is 5.10 Å². The van der Waals surface area contributed by atoms with Crippen LogP contribution in [0.25, 0.3) is 0 Å². The van der Waals surface area contributed by atoms with Crippen molar-refractivity contribution in [2.75, 3.05) is 0 Å². The molecule has 0 atom stereocenters. The van der Waals surface area contributed by atoms with Crippen LogP contribution < -0.4 is 5.32 Å². The Hall–Kier alpha value is -2.37. The van der Waals surface area contributed by atoms with Gasteiger partial charge < -0.3 is 10.4 Å². The molecule has 6 heteroatoms. The van der Waals surface area contributed by atoms with Crippen molar-refractivity contribution in [1.29, 1.82) is 0 Å². The van der Waals surface area contributed by atoms with Crippen LogP contribution in [0.3, 0.4) is 0 Å². The first-order valence-corrected chi connectivity index (χ1v) is 7.15. The first-order chi connectivity index (χ1) is 10.1. The molecule has 110 valence electrons. The number of nitrogens with zero attached hydrogens (tertiary/aromatic N) is 2. The van der Waals surface area contributed by atoms with Crippen LogP contribution in [0.2, 0.25) is 0 Å². The van der Waals surface area contributed by atoms with Crippen LogP contribution in [0.4, 0.5) is 0 Å². The number of H-pyrrole nitrogens is 1. The van der Waals surface area contributed by atoms with Crippen molar-refractivity contribution < 1.29 is 9.90 Å². The van der Waals surface area contributed by atoms with E-state index in [0.717, 1.165) is 31.2 Å². The summed E-state index contributed by atoms with van der Waals surface area (Å²) in [6, 6.07) is 5.16. The van der Waals surface area contributed by atoms with Crippen molar-refractivity contribution in [2.24, 2.45) is 0 Å². The summed E-state index contributed by atoms with van der Waals surface area (Å²) in [5, 5.41) is 19.7. The van der Waals surface area contributed by atoms with E-state index in [0.29, 0.717) is 5.82 Å². The minimum atomic E-state index is -0.483. The minimum Gasteiger partial charge on any atom is -0.507 e. The lowest BCUT2D eigenvalue weighted by atomic mass is 9.76. The van der Waals surface area contributed by atoms with Gasteiger partial charge in [0.25, 0.3) is 5.91 Å². The number of phenolic OH excluding ortho intramolecular Hbond substituents is 1. The first-order valence-electron chi connectivity index (χ1n) is 7.15. The number of amides is 1. The quantitative estimate of drug-likeness (QED) is 0.800. The SMILES string of the molecule is CCc1ccc(C(=O)NC2(c3ncn[nH]3)CCC2)c(O)c1. The number of aryl methyl sites for hydroxylation is 1. The fraction of sp³-hybridized carbons (Fsp3) is 0.400. The van der Waals surface area contributed by atoms with Gasteiger partial charge in [0.15, 0.2) is 0 Å². The van der Waals surface area contributed by atoms with E-state index in [1.807, 2.05) is 13.0 Å². The second-order valence-corrected chi connectivity index (χ2v) is 5.43. The maximum atomic E-state index is 12.4. The number of benzene rings is 1. The van der Waals surface area contributed by atoms with Crippen molar-refractivity contribution in [3.63, 3.8) is 0 Å². The highest BCUT2D eigenvalue weighted by Gasteiger charge is 2.43. The Morgan fingerprint density at radius 2 is 2.29 bits per heavy atom. The molecule has 1 amide bonds. The second kappa shape index (κ2) is 5.20. The number of hydrogen-bond donors (Lipinski definition) is 3. The molecule has 2 aromatic rings. The van der Waals surface area contributed by atoms with Crippen molar-refractivity contribution in [1.82, 2.24) is 20.5 Å². The topological polar surface area (TPSA) is 90.9 Å². The van der Waals surface area contributed by atoms with E-state index in [2.05, 4.69) is 20.5 Å². The first kappa shape index (κ1) is 13.6. The summed E-state index contributed by atoms with van der Waals surface area (Å²) in [4.78, 5) is 16.6. The largest absolute Gasteiger partial charge is 0.507 e. The van der Waals surface area contributed by atoms with Gasteiger partial charge in [0, 0.05) is 0 Å². The molecule has 1 heterocycles. The molecular formula is C15H18N4O2. The van der Waals surface area contributed by atoms with Crippen LogP contribution in [0, 0.1) is 0 Å². The Morgan fingerprint density at radius 1 is 1.48 bits per heavy atom. The number of nitrogens with one attached hydrogen (secondary N) is 2. The van der Waals surface area contributed by atoms with Gasteiger partial charge in [0.05, 0.1) is 11.1 Å². The van der Waals surface area contributed by atoms with Crippen molar-refractivity contribution in [3.05, 3.63) is 41.5 Å². The normalized spacial score (nSPS) is 16.2. The van der Waals surface area contributed by atoms with Crippen molar-refractivity contribution in [2.45, 2.75) is 38.1 Å². The van der Waals surface area contributed by atoms with E-state index in [1.54, 1.807) is 12.1 Å². The molecule has 0 unspecified atom stereocenters. The Bertz CT molecular complexity index is 648. The van der Waals surface area contributed by atoms with Crippen LogP contribution in [0.15, 0.2) is 24.5 Å². The number of carbonyl (C=O) groups excluding carboxylic acids is 1. The summed E-state index contributed by atoms with van der Waals surface area (Å²) < 4.78 is 0. The summed E-state index contributed by atoms with van der Waals surface area (Å²) in [6.45, 7) is 2.00. The molecule has 1 fully saturated rings. The molecule has 0 bridgehead atoms. The van der Waals surface area contributed by atoms with Gasteiger partial charge in [0.1, 0.15) is 17.9 Å². The number of phenols is 1. The zero-order valence-corrected chi connectivity index (χ0v) is 11.9. The average Bonchev–Trinajstić information content (AvgIpc) is 2.96. The number of carbonyl (C=O) groups is 1. The summed E-state index contributed by atoms with van der Waals surface area (Å²) in [5.41, 5.74) is 0.805. The van der Waals surface area contributed by atoms with E-state index in [4.69, 9.17) is 0 Å². The van der Waals surface area contributed by atoms with E-state index in [1.165, 1.54) is 6.33 Å². The predicted octanol–water partition coefficient (Wildman–Crippen LogP) is 1.88.